The molecule has 0 radical (unpaired) electrons. The highest BCUT2D eigenvalue weighted by Gasteiger charge is 2.88. The van der Waals surface area contributed by atoms with Crippen LogP contribution in [0.15, 0.2) is 4.99 Å². The van der Waals surface area contributed by atoms with Crippen LogP contribution < -0.4 is 10.6 Å². The lowest BCUT2D eigenvalue weighted by Gasteiger charge is -2.91. The number of aliphatic imine (C=N–C) groups is 1. The monoisotopic (exact) mass is 341 g/mol. The topological polar surface area (TPSA) is 36.4 Å². The van der Waals surface area contributed by atoms with Crippen molar-refractivity contribution in [3.8, 4) is 0 Å². The number of rotatable bonds is 3. The predicted molar refractivity (Wildman–Crippen MR) is 102 cm³/mol. The molecule has 6 rings (SSSR count). The summed E-state index contributed by atoms with van der Waals surface area (Å²) in [4.78, 5) is 5.28. The van der Waals surface area contributed by atoms with Gasteiger partial charge in [-0.25, -0.2) is 4.99 Å². The zero-order valence-corrected chi connectivity index (χ0v) is 15.7. The Hall–Kier alpha value is -0.730. The molecule has 6 aliphatic rings. The van der Waals surface area contributed by atoms with Gasteiger partial charge in [-0.3, -0.25) is 0 Å². The van der Waals surface area contributed by atoms with Gasteiger partial charge < -0.3 is 10.6 Å². The molecule has 0 bridgehead atoms. The molecule has 0 saturated heterocycles. The molecule has 0 heterocycles. The molecule has 0 amide bonds. The number of nitrogens with zero attached hydrogens (tertiary/aromatic N) is 1. The van der Waals surface area contributed by atoms with Gasteiger partial charge >= 0.3 is 0 Å². The highest BCUT2D eigenvalue weighted by molar-refractivity contribution is 5.82. The fraction of sp³-hybridized carbons (Fsp3) is 0.955. The summed E-state index contributed by atoms with van der Waals surface area (Å²) in [5.41, 5.74) is 1.20. The summed E-state index contributed by atoms with van der Waals surface area (Å²) in [7, 11) is 0. The molecule has 138 valence electrons. The second-order valence-corrected chi connectivity index (χ2v) is 10.4. The van der Waals surface area contributed by atoms with E-state index in [-0.39, 0.29) is 0 Å². The van der Waals surface area contributed by atoms with Crippen LogP contribution in [-0.2, 0) is 0 Å². The normalized spacial score (nSPS) is 48.8. The Morgan fingerprint density at radius 3 is 2.00 bits per heavy atom. The van der Waals surface area contributed by atoms with E-state index in [1.54, 1.807) is 12.8 Å². The first-order valence-corrected chi connectivity index (χ1v) is 11.4. The molecule has 2 unspecified atom stereocenters. The largest absolute Gasteiger partial charge is 0.354 e. The first-order valence-electron chi connectivity index (χ1n) is 11.4. The van der Waals surface area contributed by atoms with Crippen molar-refractivity contribution in [2.24, 2.45) is 28.2 Å². The lowest BCUT2D eigenvalue weighted by Crippen LogP contribution is -2.93. The van der Waals surface area contributed by atoms with Crippen molar-refractivity contribution in [2.75, 3.05) is 0 Å². The Labute approximate surface area is 152 Å². The summed E-state index contributed by atoms with van der Waals surface area (Å²) in [5.74, 6) is 4.43. The molecule has 0 aromatic carbocycles. The predicted octanol–water partition coefficient (Wildman–Crippen LogP) is 4.38. The summed E-state index contributed by atoms with van der Waals surface area (Å²) in [5, 5.41) is 7.99. The van der Waals surface area contributed by atoms with Gasteiger partial charge in [0, 0.05) is 17.0 Å². The average Bonchev–Trinajstić information content (AvgIpc) is 2.57. The fourth-order valence-electron chi connectivity index (χ4n) is 8.31. The maximum absolute atomic E-state index is 5.28. The van der Waals surface area contributed by atoms with Gasteiger partial charge in [0.1, 0.15) is 0 Å². The fourth-order valence-corrected chi connectivity index (χ4v) is 8.31. The molecule has 1 spiro atoms. The Balaban J connectivity index is 1.20. The van der Waals surface area contributed by atoms with E-state index < -0.39 is 0 Å². The third-order valence-corrected chi connectivity index (χ3v) is 9.37. The van der Waals surface area contributed by atoms with E-state index >= 15 is 0 Å². The van der Waals surface area contributed by atoms with Crippen LogP contribution in [-0.4, -0.2) is 23.6 Å². The summed E-state index contributed by atoms with van der Waals surface area (Å²) >= 11 is 0. The quantitative estimate of drug-likeness (QED) is 0.590. The highest BCUT2D eigenvalue weighted by Crippen LogP contribution is 2.89. The van der Waals surface area contributed by atoms with Gasteiger partial charge in [0.25, 0.3) is 0 Å². The smallest absolute Gasteiger partial charge is 0.192 e. The number of nitrogens with one attached hydrogen (secondary N) is 2. The summed E-state index contributed by atoms with van der Waals surface area (Å²) in [6.07, 6.45) is 19.7. The summed E-state index contributed by atoms with van der Waals surface area (Å²) in [6, 6.07) is 1.24. The lowest BCUT2D eigenvalue weighted by molar-refractivity contribution is -0.393. The van der Waals surface area contributed by atoms with E-state index in [1.807, 2.05) is 0 Å². The van der Waals surface area contributed by atoms with Crippen LogP contribution >= 0.6 is 0 Å². The van der Waals surface area contributed by atoms with Gasteiger partial charge in [0.05, 0.1) is 6.04 Å². The van der Waals surface area contributed by atoms with Crippen molar-refractivity contribution in [3.63, 3.8) is 0 Å². The second kappa shape index (κ2) is 5.39. The van der Waals surface area contributed by atoms with Crippen molar-refractivity contribution in [2.45, 2.75) is 108 Å². The third-order valence-electron chi connectivity index (χ3n) is 9.37. The van der Waals surface area contributed by atoms with Crippen molar-refractivity contribution in [1.82, 2.24) is 10.6 Å². The van der Waals surface area contributed by atoms with E-state index in [0.29, 0.717) is 17.6 Å². The van der Waals surface area contributed by atoms with Crippen LogP contribution in [0, 0.1) is 23.2 Å². The van der Waals surface area contributed by atoms with E-state index in [2.05, 4.69) is 10.6 Å². The van der Waals surface area contributed by atoms with Crippen molar-refractivity contribution in [3.05, 3.63) is 0 Å². The number of hydrogen-bond acceptors (Lipinski definition) is 1. The van der Waals surface area contributed by atoms with Crippen LogP contribution in [0.3, 0.4) is 0 Å². The Kier molecular flexibility index (Phi) is 3.31. The van der Waals surface area contributed by atoms with Gasteiger partial charge in [0.15, 0.2) is 5.96 Å². The van der Waals surface area contributed by atoms with Gasteiger partial charge in [-0.05, 0) is 69.1 Å². The van der Waals surface area contributed by atoms with Gasteiger partial charge in [-0.1, -0.05) is 38.5 Å². The van der Waals surface area contributed by atoms with Crippen LogP contribution in [0.1, 0.15) is 89.9 Å². The van der Waals surface area contributed by atoms with Crippen LogP contribution in [0.5, 0.6) is 0 Å². The first kappa shape index (κ1) is 15.3. The van der Waals surface area contributed by atoms with Crippen molar-refractivity contribution >= 4 is 5.96 Å². The van der Waals surface area contributed by atoms with Gasteiger partial charge in [-0.15, -0.1) is 0 Å². The summed E-state index contributed by atoms with van der Waals surface area (Å²) < 4.78 is 0. The van der Waals surface area contributed by atoms with E-state index in [9.17, 15) is 0 Å². The molecular weight excluding hydrogens is 306 g/mol. The molecule has 3 nitrogen and oxygen atoms in total. The summed E-state index contributed by atoms with van der Waals surface area (Å²) in [6.45, 7) is 0. The third kappa shape index (κ3) is 1.96. The maximum atomic E-state index is 5.28. The molecule has 6 aliphatic carbocycles. The van der Waals surface area contributed by atoms with Gasteiger partial charge in [-0.2, -0.15) is 0 Å². The standard InChI is InChI=1S/C22H35N3/c1-3-7-18(8-4-1)23-20(24-19-9-5-2-6-10-19)25-21-13-16-11-15-12-17(14-21)22(15,16)21/h15-19H,1-14H2,(H2,23,24,25). The van der Waals surface area contributed by atoms with E-state index in [0.717, 1.165) is 23.2 Å². The highest BCUT2D eigenvalue weighted by atomic mass is 15.3. The van der Waals surface area contributed by atoms with Crippen LogP contribution in [0.4, 0.5) is 0 Å². The Morgan fingerprint density at radius 2 is 1.40 bits per heavy atom. The minimum atomic E-state index is 0.457. The molecule has 0 aromatic rings. The Morgan fingerprint density at radius 1 is 0.760 bits per heavy atom. The number of guanidine groups is 1. The molecule has 2 N–H and O–H groups in total. The molecule has 6 saturated carbocycles. The van der Waals surface area contributed by atoms with Gasteiger partial charge in [0.2, 0.25) is 0 Å². The van der Waals surface area contributed by atoms with Crippen LogP contribution in [0.2, 0.25) is 0 Å². The minimum Gasteiger partial charge on any atom is -0.354 e. The Bertz CT molecular complexity index is 544. The zero-order valence-electron chi connectivity index (χ0n) is 15.7. The lowest BCUT2D eigenvalue weighted by atomic mass is 9.15. The SMILES string of the molecule is C1CCC(N=C(NC2CCCCC2)NC23CC4CC5CC(C2)C543)CC1. The van der Waals surface area contributed by atoms with E-state index in [1.165, 1.54) is 83.0 Å². The molecular formula is C22H35N3. The second-order valence-electron chi connectivity index (χ2n) is 10.4. The van der Waals surface area contributed by atoms with Crippen molar-refractivity contribution < 1.29 is 0 Å². The maximum Gasteiger partial charge on any atom is 0.192 e. The minimum absolute atomic E-state index is 0.457. The molecule has 3 heteroatoms. The molecule has 0 aliphatic heterocycles. The zero-order chi connectivity index (χ0) is 16.5. The van der Waals surface area contributed by atoms with E-state index in [4.69, 9.17) is 4.99 Å². The van der Waals surface area contributed by atoms with Crippen molar-refractivity contribution in [1.29, 1.82) is 0 Å². The number of hydrogen-bond donors (Lipinski definition) is 2. The average molecular weight is 342 g/mol. The first-order chi connectivity index (χ1) is 12.3. The molecule has 6 fully saturated rings. The molecule has 25 heavy (non-hydrogen) atoms. The molecule has 2 atom stereocenters. The van der Waals surface area contributed by atoms with Crippen LogP contribution in [0.25, 0.3) is 0 Å². The molecule has 0 aromatic heterocycles.